The van der Waals surface area contributed by atoms with Gasteiger partial charge in [0.2, 0.25) is 0 Å². The monoisotopic (exact) mass is 247 g/mol. The van der Waals surface area contributed by atoms with E-state index in [2.05, 4.69) is 30.0 Å². The van der Waals surface area contributed by atoms with E-state index in [1.54, 1.807) is 0 Å². The van der Waals surface area contributed by atoms with E-state index in [9.17, 15) is 0 Å². The maximum absolute atomic E-state index is 5.73. The lowest BCUT2D eigenvalue weighted by molar-refractivity contribution is 0.180. The van der Waals surface area contributed by atoms with Crippen molar-refractivity contribution in [3.63, 3.8) is 0 Å². The lowest BCUT2D eigenvalue weighted by Gasteiger charge is -2.31. The maximum Gasteiger partial charge on any atom is 0.0233 e. The van der Waals surface area contributed by atoms with Gasteiger partial charge in [-0.3, -0.25) is 4.90 Å². The van der Waals surface area contributed by atoms with Gasteiger partial charge in [-0.1, -0.05) is 23.8 Å². The molecule has 3 heteroatoms. The van der Waals surface area contributed by atoms with Gasteiger partial charge in [0.15, 0.2) is 0 Å². The molecule has 18 heavy (non-hydrogen) atoms. The summed E-state index contributed by atoms with van der Waals surface area (Å²) in [6.07, 6.45) is 2.48. The Morgan fingerprint density at radius 1 is 1.11 bits per heavy atom. The minimum atomic E-state index is 0.629. The average Bonchev–Trinajstić information content (AvgIpc) is 2.39. The van der Waals surface area contributed by atoms with E-state index >= 15 is 0 Å². The lowest BCUT2D eigenvalue weighted by atomic mass is 9.96. The Labute approximate surface area is 110 Å². The van der Waals surface area contributed by atoms with Crippen LogP contribution in [0, 0.1) is 12.8 Å². The minimum absolute atomic E-state index is 0.629. The third kappa shape index (κ3) is 3.55. The van der Waals surface area contributed by atoms with Crippen LogP contribution in [0.2, 0.25) is 0 Å². The van der Waals surface area contributed by atoms with Crippen LogP contribution in [0.25, 0.3) is 0 Å². The second kappa shape index (κ2) is 6.32. The van der Waals surface area contributed by atoms with Crippen LogP contribution in [-0.4, -0.2) is 24.5 Å². The van der Waals surface area contributed by atoms with Crippen LogP contribution in [0.1, 0.15) is 29.5 Å². The summed E-state index contributed by atoms with van der Waals surface area (Å²) in [6.45, 7) is 7.01. The highest BCUT2D eigenvalue weighted by molar-refractivity contribution is 5.29. The number of benzene rings is 1. The molecule has 1 aliphatic heterocycles. The Kier molecular flexibility index (Phi) is 4.75. The van der Waals surface area contributed by atoms with Gasteiger partial charge in [-0.25, -0.2) is 0 Å². The summed E-state index contributed by atoms with van der Waals surface area (Å²) in [5.41, 5.74) is 15.4. The molecule has 0 saturated carbocycles. The van der Waals surface area contributed by atoms with Crippen molar-refractivity contribution in [1.29, 1.82) is 0 Å². The van der Waals surface area contributed by atoms with E-state index in [1.807, 2.05) is 0 Å². The molecule has 1 saturated heterocycles. The standard InChI is InChI=1S/C15H25N3/c1-12-6-14(10-17)8-15(7-12)11-18-4-2-13(9-16)3-5-18/h6-8,13H,2-5,9-11,16-17H2,1H3. The molecule has 1 aromatic rings. The highest BCUT2D eigenvalue weighted by Gasteiger charge is 2.17. The van der Waals surface area contributed by atoms with Gasteiger partial charge in [0.05, 0.1) is 0 Å². The molecule has 0 aromatic heterocycles. The molecule has 3 nitrogen and oxygen atoms in total. The van der Waals surface area contributed by atoms with Crippen LogP contribution in [-0.2, 0) is 13.1 Å². The predicted octanol–water partition coefficient (Wildman–Crippen LogP) is 1.62. The SMILES string of the molecule is Cc1cc(CN)cc(CN2CCC(CN)CC2)c1. The summed E-state index contributed by atoms with van der Waals surface area (Å²) in [4.78, 5) is 2.53. The number of nitrogens with zero attached hydrogens (tertiary/aromatic N) is 1. The number of hydrogen-bond acceptors (Lipinski definition) is 3. The first-order valence-electron chi connectivity index (χ1n) is 6.93. The van der Waals surface area contributed by atoms with Crippen molar-refractivity contribution in [2.45, 2.75) is 32.9 Å². The summed E-state index contributed by atoms with van der Waals surface area (Å²) < 4.78 is 0. The molecular formula is C15H25N3. The molecule has 0 unspecified atom stereocenters. The van der Waals surface area contributed by atoms with E-state index in [0.29, 0.717) is 6.54 Å². The summed E-state index contributed by atoms with van der Waals surface area (Å²) in [7, 11) is 0. The van der Waals surface area contributed by atoms with Gasteiger partial charge in [0.25, 0.3) is 0 Å². The number of aryl methyl sites for hydroxylation is 1. The van der Waals surface area contributed by atoms with Crippen molar-refractivity contribution in [3.05, 3.63) is 34.9 Å². The van der Waals surface area contributed by atoms with Gasteiger partial charge in [0, 0.05) is 13.1 Å². The fourth-order valence-corrected chi connectivity index (χ4v) is 2.80. The molecule has 0 aliphatic carbocycles. The van der Waals surface area contributed by atoms with Crippen LogP contribution in [0.15, 0.2) is 18.2 Å². The number of likely N-dealkylation sites (tertiary alicyclic amines) is 1. The van der Waals surface area contributed by atoms with Gasteiger partial charge in [-0.15, -0.1) is 0 Å². The zero-order valence-electron chi connectivity index (χ0n) is 11.4. The van der Waals surface area contributed by atoms with Gasteiger partial charge >= 0.3 is 0 Å². The van der Waals surface area contributed by atoms with Gasteiger partial charge < -0.3 is 11.5 Å². The first kappa shape index (κ1) is 13.5. The number of hydrogen-bond donors (Lipinski definition) is 2. The molecule has 0 amide bonds. The fourth-order valence-electron chi connectivity index (χ4n) is 2.80. The molecule has 0 bridgehead atoms. The molecule has 0 radical (unpaired) electrons. The Hall–Kier alpha value is -0.900. The average molecular weight is 247 g/mol. The van der Waals surface area contributed by atoms with E-state index in [0.717, 1.165) is 19.0 Å². The zero-order valence-corrected chi connectivity index (χ0v) is 11.4. The Morgan fingerprint density at radius 2 is 1.78 bits per heavy atom. The molecule has 1 heterocycles. The third-order valence-corrected chi connectivity index (χ3v) is 3.88. The third-order valence-electron chi connectivity index (χ3n) is 3.88. The van der Waals surface area contributed by atoms with E-state index in [-0.39, 0.29) is 0 Å². The molecular weight excluding hydrogens is 222 g/mol. The van der Waals surface area contributed by atoms with Crippen molar-refractivity contribution in [1.82, 2.24) is 4.90 Å². The first-order valence-corrected chi connectivity index (χ1v) is 6.93. The number of nitrogens with two attached hydrogens (primary N) is 2. The van der Waals surface area contributed by atoms with E-state index < -0.39 is 0 Å². The quantitative estimate of drug-likeness (QED) is 0.850. The largest absolute Gasteiger partial charge is 0.330 e. The van der Waals surface area contributed by atoms with Crippen molar-refractivity contribution in [2.75, 3.05) is 19.6 Å². The number of piperidine rings is 1. The summed E-state index contributed by atoms with van der Waals surface area (Å²) in [5, 5.41) is 0. The Bertz CT molecular complexity index is 381. The Morgan fingerprint density at radius 3 is 2.39 bits per heavy atom. The minimum Gasteiger partial charge on any atom is -0.330 e. The predicted molar refractivity (Wildman–Crippen MR) is 76.1 cm³/mol. The second-order valence-electron chi connectivity index (χ2n) is 5.49. The smallest absolute Gasteiger partial charge is 0.0233 e. The Balaban J connectivity index is 1.95. The van der Waals surface area contributed by atoms with Gasteiger partial charge in [0.1, 0.15) is 0 Å². The zero-order chi connectivity index (χ0) is 13.0. The maximum atomic E-state index is 5.73. The highest BCUT2D eigenvalue weighted by Crippen LogP contribution is 2.19. The van der Waals surface area contributed by atoms with Crippen molar-refractivity contribution in [3.8, 4) is 0 Å². The summed E-state index contributed by atoms with van der Waals surface area (Å²) >= 11 is 0. The summed E-state index contributed by atoms with van der Waals surface area (Å²) in [5.74, 6) is 0.735. The second-order valence-corrected chi connectivity index (χ2v) is 5.49. The molecule has 4 N–H and O–H groups in total. The topological polar surface area (TPSA) is 55.3 Å². The van der Waals surface area contributed by atoms with Crippen LogP contribution in [0.5, 0.6) is 0 Å². The van der Waals surface area contributed by atoms with Crippen LogP contribution >= 0.6 is 0 Å². The molecule has 1 fully saturated rings. The van der Waals surface area contributed by atoms with Gasteiger partial charge in [-0.2, -0.15) is 0 Å². The normalized spacial score (nSPS) is 18.2. The fraction of sp³-hybridized carbons (Fsp3) is 0.600. The van der Waals surface area contributed by atoms with Crippen LogP contribution < -0.4 is 11.5 Å². The lowest BCUT2D eigenvalue weighted by Crippen LogP contribution is -2.35. The van der Waals surface area contributed by atoms with Crippen molar-refractivity contribution in [2.24, 2.45) is 17.4 Å². The van der Waals surface area contributed by atoms with E-state index in [4.69, 9.17) is 11.5 Å². The van der Waals surface area contributed by atoms with Crippen molar-refractivity contribution >= 4 is 0 Å². The molecule has 0 atom stereocenters. The van der Waals surface area contributed by atoms with E-state index in [1.165, 1.54) is 42.6 Å². The highest BCUT2D eigenvalue weighted by atomic mass is 15.1. The number of rotatable bonds is 4. The molecule has 1 aliphatic rings. The van der Waals surface area contributed by atoms with Crippen LogP contribution in [0.4, 0.5) is 0 Å². The van der Waals surface area contributed by atoms with Crippen LogP contribution in [0.3, 0.4) is 0 Å². The molecule has 0 spiro atoms. The molecule has 100 valence electrons. The first-order chi connectivity index (χ1) is 8.71. The van der Waals surface area contributed by atoms with Crippen molar-refractivity contribution < 1.29 is 0 Å². The van der Waals surface area contributed by atoms with Gasteiger partial charge in [-0.05, 0) is 56.4 Å². The molecule has 2 rings (SSSR count). The summed E-state index contributed by atoms with van der Waals surface area (Å²) in [6, 6.07) is 6.68. The molecule has 1 aromatic carbocycles.